The third-order valence-electron chi connectivity index (χ3n) is 3.95. The van der Waals surface area contributed by atoms with Crippen molar-refractivity contribution in [3.8, 4) is 11.5 Å². The summed E-state index contributed by atoms with van der Waals surface area (Å²) in [6.07, 6.45) is 1.68. The lowest BCUT2D eigenvalue weighted by Gasteiger charge is -2.09. The number of rotatable bonds is 4. The fraction of sp³-hybridized carbons (Fsp3) is 0.100. The van der Waals surface area contributed by atoms with Crippen molar-refractivity contribution in [1.29, 1.82) is 0 Å². The maximum atomic E-state index is 12.4. The maximum absolute atomic E-state index is 12.4. The van der Waals surface area contributed by atoms with Crippen LogP contribution in [0.3, 0.4) is 0 Å². The number of aryl methyl sites for hydroxylation is 1. The first-order valence-corrected chi connectivity index (χ1v) is 8.18. The van der Waals surface area contributed by atoms with Crippen LogP contribution in [-0.4, -0.2) is 17.7 Å². The summed E-state index contributed by atoms with van der Waals surface area (Å²) >= 11 is 0. The van der Waals surface area contributed by atoms with Gasteiger partial charge in [0.05, 0.1) is 11.9 Å². The average molecular weight is 347 g/mol. The largest absolute Gasteiger partial charge is 0.454 e. The fourth-order valence-corrected chi connectivity index (χ4v) is 2.66. The molecule has 0 spiro atoms. The molecule has 0 atom stereocenters. The van der Waals surface area contributed by atoms with Gasteiger partial charge in [0, 0.05) is 11.3 Å². The number of carbonyl (C=O) groups excluding carboxylic acids is 1. The lowest BCUT2D eigenvalue weighted by atomic mass is 10.2. The maximum Gasteiger partial charge on any atom is 0.256 e. The molecule has 0 radical (unpaired) electrons. The van der Waals surface area contributed by atoms with Gasteiger partial charge in [-0.2, -0.15) is 0 Å². The summed E-state index contributed by atoms with van der Waals surface area (Å²) in [5, 5.41) is 6.05. The second kappa shape index (κ2) is 6.76. The van der Waals surface area contributed by atoms with Gasteiger partial charge in [-0.1, -0.05) is 12.1 Å². The van der Waals surface area contributed by atoms with Crippen molar-refractivity contribution in [1.82, 2.24) is 4.98 Å². The number of ether oxygens (including phenoxy) is 2. The Labute approximate surface area is 150 Å². The standard InChI is InChI=1S/C20H17N3O3/c1-13-3-2-4-15(9-13)22-16-6-8-19(21-11-16)23-20(24)14-5-7-17-18(10-14)26-12-25-17/h2-11,22H,12H2,1H3,(H,21,23,24). The number of carbonyl (C=O) groups is 1. The summed E-state index contributed by atoms with van der Waals surface area (Å²) in [5.41, 5.74) is 3.49. The minimum absolute atomic E-state index is 0.178. The molecule has 0 saturated carbocycles. The van der Waals surface area contributed by atoms with Gasteiger partial charge in [0.15, 0.2) is 11.5 Å². The van der Waals surface area contributed by atoms with Crippen molar-refractivity contribution < 1.29 is 14.3 Å². The van der Waals surface area contributed by atoms with Crippen molar-refractivity contribution in [2.75, 3.05) is 17.4 Å². The van der Waals surface area contributed by atoms with Crippen LogP contribution in [0.2, 0.25) is 0 Å². The number of pyridine rings is 1. The number of aromatic nitrogens is 1. The van der Waals surface area contributed by atoms with Gasteiger partial charge in [-0.05, 0) is 55.0 Å². The van der Waals surface area contributed by atoms with E-state index in [1.54, 1.807) is 30.5 Å². The number of hydrogen-bond acceptors (Lipinski definition) is 5. The number of benzene rings is 2. The highest BCUT2D eigenvalue weighted by Gasteiger charge is 2.16. The number of nitrogens with zero attached hydrogens (tertiary/aromatic N) is 1. The van der Waals surface area contributed by atoms with Crippen molar-refractivity contribution in [2.45, 2.75) is 6.92 Å². The van der Waals surface area contributed by atoms with E-state index in [2.05, 4.69) is 21.7 Å². The Kier molecular flexibility index (Phi) is 4.15. The summed E-state index contributed by atoms with van der Waals surface area (Å²) in [6, 6.07) is 16.8. The highest BCUT2D eigenvalue weighted by Crippen LogP contribution is 2.32. The Balaban J connectivity index is 1.43. The highest BCUT2D eigenvalue weighted by atomic mass is 16.7. The molecule has 2 N–H and O–H groups in total. The quantitative estimate of drug-likeness (QED) is 0.743. The van der Waals surface area contributed by atoms with Crippen LogP contribution in [0.1, 0.15) is 15.9 Å². The van der Waals surface area contributed by atoms with Crippen molar-refractivity contribution in [2.24, 2.45) is 0 Å². The third kappa shape index (κ3) is 3.44. The zero-order chi connectivity index (χ0) is 17.9. The van der Waals surface area contributed by atoms with Crippen molar-refractivity contribution in [3.63, 3.8) is 0 Å². The summed E-state index contributed by atoms with van der Waals surface area (Å²) in [5.74, 6) is 1.44. The fourth-order valence-electron chi connectivity index (χ4n) is 2.66. The van der Waals surface area contributed by atoms with E-state index in [0.29, 0.717) is 22.9 Å². The monoisotopic (exact) mass is 347 g/mol. The van der Waals surface area contributed by atoms with E-state index in [0.717, 1.165) is 11.4 Å². The van der Waals surface area contributed by atoms with E-state index >= 15 is 0 Å². The molecule has 1 aliphatic heterocycles. The van der Waals surface area contributed by atoms with Gasteiger partial charge in [-0.25, -0.2) is 4.98 Å². The Hall–Kier alpha value is -3.54. The van der Waals surface area contributed by atoms with E-state index in [9.17, 15) is 4.79 Å². The normalized spacial score (nSPS) is 11.9. The molecule has 2 heterocycles. The Bertz CT molecular complexity index is 955. The van der Waals surface area contributed by atoms with Crippen LogP contribution in [0, 0.1) is 6.92 Å². The van der Waals surface area contributed by atoms with Crippen LogP contribution in [0.5, 0.6) is 11.5 Å². The number of nitrogens with one attached hydrogen (secondary N) is 2. The summed E-state index contributed by atoms with van der Waals surface area (Å²) in [7, 11) is 0. The van der Waals surface area contributed by atoms with Crippen LogP contribution in [-0.2, 0) is 0 Å². The molecule has 1 aliphatic rings. The van der Waals surface area contributed by atoms with E-state index in [4.69, 9.17) is 9.47 Å². The smallest absolute Gasteiger partial charge is 0.256 e. The average Bonchev–Trinajstić information content (AvgIpc) is 3.11. The first-order valence-electron chi connectivity index (χ1n) is 8.18. The molecule has 0 fully saturated rings. The lowest BCUT2D eigenvalue weighted by molar-refractivity contribution is 0.102. The summed E-state index contributed by atoms with van der Waals surface area (Å²) < 4.78 is 10.5. The third-order valence-corrected chi connectivity index (χ3v) is 3.95. The van der Waals surface area contributed by atoms with Crippen LogP contribution in [0.15, 0.2) is 60.8 Å². The predicted octanol–water partition coefficient (Wildman–Crippen LogP) is 4.11. The van der Waals surface area contributed by atoms with Gasteiger partial charge in [-0.3, -0.25) is 4.79 Å². The van der Waals surface area contributed by atoms with Crippen LogP contribution in [0.4, 0.5) is 17.2 Å². The lowest BCUT2D eigenvalue weighted by Crippen LogP contribution is -2.12. The first kappa shape index (κ1) is 16.0. The minimum atomic E-state index is -0.254. The number of anilines is 3. The Morgan fingerprint density at radius 1 is 1.00 bits per heavy atom. The molecule has 0 bridgehead atoms. The van der Waals surface area contributed by atoms with Gasteiger partial charge >= 0.3 is 0 Å². The van der Waals surface area contributed by atoms with Gasteiger partial charge in [0.2, 0.25) is 6.79 Å². The predicted molar refractivity (Wildman–Crippen MR) is 99.2 cm³/mol. The van der Waals surface area contributed by atoms with Gasteiger partial charge in [0.1, 0.15) is 5.82 Å². The summed E-state index contributed by atoms with van der Waals surface area (Å²) in [6.45, 7) is 2.22. The SMILES string of the molecule is Cc1cccc(Nc2ccc(NC(=O)c3ccc4c(c3)OCO4)nc2)c1. The molecule has 6 heteroatoms. The second-order valence-electron chi connectivity index (χ2n) is 5.95. The molecule has 1 aromatic heterocycles. The molecule has 2 aromatic carbocycles. The molecule has 0 aliphatic carbocycles. The van der Waals surface area contributed by atoms with Gasteiger partial charge in [-0.15, -0.1) is 0 Å². The van der Waals surface area contributed by atoms with Crippen molar-refractivity contribution in [3.05, 3.63) is 71.9 Å². The summed E-state index contributed by atoms with van der Waals surface area (Å²) in [4.78, 5) is 16.6. The molecule has 26 heavy (non-hydrogen) atoms. The molecule has 4 rings (SSSR count). The number of amides is 1. The molecule has 0 unspecified atom stereocenters. The van der Waals surface area contributed by atoms with Crippen LogP contribution in [0.25, 0.3) is 0 Å². The zero-order valence-corrected chi connectivity index (χ0v) is 14.2. The zero-order valence-electron chi connectivity index (χ0n) is 14.2. The molecule has 3 aromatic rings. The van der Waals surface area contributed by atoms with E-state index in [1.165, 1.54) is 5.56 Å². The second-order valence-corrected chi connectivity index (χ2v) is 5.95. The molecule has 1 amide bonds. The van der Waals surface area contributed by atoms with E-state index in [-0.39, 0.29) is 12.7 Å². The van der Waals surface area contributed by atoms with E-state index < -0.39 is 0 Å². The van der Waals surface area contributed by atoms with Crippen LogP contribution < -0.4 is 20.1 Å². The van der Waals surface area contributed by atoms with Crippen molar-refractivity contribution >= 4 is 23.1 Å². The topological polar surface area (TPSA) is 72.5 Å². The molecule has 6 nitrogen and oxygen atoms in total. The van der Waals surface area contributed by atoms with E-state index in [1.807, 2.05) is 31.2 Å². The minimum Gasteiger partial charge on any atom is -0.454 e. The number of hydrogen-bond donors (Lipinski definition) is 2. The Morgan fingerprint density at radius 2 is 1.88 bits per heavy atom. The van der Waals surface area contributed by atoms with Crippen LogP contribution >= 0.6 is 0 Å². The number of fused-ring (bicyclic) bond motifs is 1. The highest BCUT2D eigenvalue weighted by molar-refractivity contribution is 6.04. The Morgan fingerprint density at radius 3 is 2.69 bits per heavy atom. The molecular formula is C20H17N3O3. The molecular weight excluding hydrogens is 330 g/mol. The molecule has 0 saturated heterocycles. The molecule has 130 valence electrons. The first-order chi connectivity index (χ1) is 12.7. The van der Waals surface area contributed by atoms with Gasteiger partial charge < -0.3 is 20.1 Å². The van der Waals surface area contributed by atoms with Gasteiger partial charge in [0.25, 0.3) is 5.91 Å².